The summed E-state index contributed by atoms with van der Waals surface area (Å²) >= 11 is 4.96. The Kier molecular flexibility index (Phi) is 2.63. The monoisotopic (exact) mass is 207 g/mol. The van der Waals surface area contributed by atoms with Gasteiger partial charge in [0.05, 0.1) is 11.9 Å². The third kappa shape index (κ3) is 2.20. The Morgan fingerprint density at radius 1 is 1.64 bits per heavy atom. The zero-order valence-electron chi connectivity index (χ0n) is 7.86. The van der Waals surface area contributed by atoms with E-state index in [0.717, 1.165) is 23.7 Å². The lowest BCUT2D eigenvalue weighted by Crippen LogP contribution is -2.14. The van der Waals surface area contributed by atoms with Crippen molar-refractivity contribution in [3.63, 3.8) is 0 Å². The summed E-state index contributed by atoms with van der Waals surface area (Å²) in [5, 5.41) is 3.33. The number of thiocarbonyl (C=S) groups is 1. The lowest BCUT2D eigenvalue weighted by Gasteiger charge is -2.09. The molecule has 0 radical (unpaired) electrons. The van der Waals surface area contributed by atoms with Crippen molar-refractivity contribution < 1.29 is 0 Å². The van der Waals surface area contributed by atoms with Crippen LogP contribution in [0.2, 0.25) is 0 Å². The molecule has 0 spiro atoms. The van der Waals surface area contributed by atoms with Crippen molar-refractivity contribution in [2.24, 2.45) is 11.7 Å². The molecule has 14 heavy (non-hydrogen) atoms. The van der Waals surface area contributed by atoms with Crippen LogP contribution in [0.5, 0.6) is 0 Å². The zero-order valence-corrected chi connectivity index (χ0v) is 8.68. The van der Waals surface area contributed by atoms with Gasteiger partial charge in [0.1, 0.15) is 4.99 Å². The molecule has 1 aromatic rings. The van der Waals surface area contributed by atoms with E-state index in [1.54, 1.807) is 12.4 Å². The van der Waals surface area contributed by atoms with Gasteiger partial charge in [0.2, 0.25) is 0 Å². The second kappa shape index (κ2) is 3.92. The molecule has 3 nitrogen and oxygen atoms in total. The topological polar surface area (TPSA) is 50.9 Å². The van der Waals surface area contributed by atoms with Crippen LogP contribution in [-0.2, 0) is 0 Å². The Morgan fingerprint density at radius 3 is 3.07 bits per heavy atom. The van der Waals surface area contributed by atoms with Crippen molar-refractivity contribution in [3.05, 3.63) is 24.0 Å². The quantitative estimate of drug-likeness (QED) is 0.735. The predicted octanol–water partition coefficient (Wildman–Crippen LogP) is 1.54. The van der Waals surface area contributed by atoms with Crippen LogP contribution < -0.4 is 11.1 Å². The standard InChI is InChI=1S/C10H13N3S/c11-10(14)8-3-4-12-6-9(8)13-5-7-1-2-7/h3-4,6-7,13H,1-2,5H2,(H2,11,14). The van der Waals surface area contributed by atoms with Gasteiger partial charge in [0.15, 0.2) is 0 Å². The molecule has 0 aliphatic heterocycles. The van der Waals surface area contributed by atoms with E-state index in [2.05, 4.69) is 10.3 Å². The fraction of sp³-hybridized carbons (Fsp3) is 0.400. The highest BCUT2D eigenvalue weighted by Gasteiger charge is 2.21. The van der Waals surface area contributed by atoms with Crippen LogP contribution in [0.1, 0.15) is 18.4 Å². The van der Waals surface area contributed by atoms with E-state index in [0.29, 0.717) is 4.99 Å². The number of nitrogens with zero attached hydrogens (tertiary/aromatic N) is 1. The Labute approximate surface area is 88.7 Å². The highest BCUT2D eigenvalue weighted by atomic mass is 32.1. The van der Waals surface area contributed by atoms with Crippen LogP contribution in [0.15, 0.2) is 18.5 Å². The highest BCUT2D eigenvalue weighted by Crippen LogP contribution is 2.29. The number of hydrogen-bond donors (Lipinski definition) is 2. The fourth-order valence-corrected chi connectivity index (χ4v) is 1.50. The summed E-state index contributed by atoms with van der Waals surface area (Å²) in [5.74, 6) is 0.828. The Bertz CT molecular complexity index is 347. The van der Waals surface area contributed by atoms with Crippen LogP contribution in [0.25, 0.3) is 0 Å². The summed E-state index contributed by atoms with van der Waals surface area (Å²) < 4.78 is 0. The first-order valence-electron chi connectivity index (χ1n) is 4.75. The molecule has 3 N–H and O–H groups in total. The summed E-state index contributed by atoms with van der Waals surface area (Å²) in [7, 11) is 0. The van der Waals surface area contributed by atoms with Gasteiger partial charge < -0.3 is 11.1 Å². The van der Waals surface area contributed by atoms with Crippen molar-refractivity contribution >= 4 is 22.9 Å². The zero-order chi connectivity index (χ0) is 9.97. The first-order chi connectivity index (χ1) is 6.77. The van der Waals surface area contributed by atoms with Gasteiger partial charge in [-0.15, -0.1) is 0 Å². The van der Waals surface area contributed by atoms with Gasteiger partial charge in [0, 0.05) is 18.3 Å². The third-order valence-corrected chi connectivity index (χ3v) is 2.58. The first kappa shape index (κ1) is 9.40. The van der Waals surface area contributed by atoms with Crippen molar-refractivity contribution in [2.45, 2.75) is 12.8 Å². The largest absolute Gasteiger partial charge is 0.389 e. The van der Waals surface area contributed by atoms with Gasteiger partial charge in [-0.1, -0.05) is 12.2 Å². The van der Waals surface area contributed by atoms with E-state index >= 15 is 0 Å². The van der Waals surface area contributed by atoms with Crippen molar-refractivity contribution in [3.8, 4) is 0 Å². The average molecular weight is 207 g/mol. The molecule has 1 aromatic heterocycles. The van der Waals surface area contributed by atoms with E-state index in [1.165, 1.54) is 12.8 Å². The molecule has 1 aliphatic carbocycles. The molecule has 0 bridgehead atoms. The van der Waals surface area contributed by atoms with E-state index < -0.39 is 0 Å². The third-order valence-electron chi connectivity index (χ3n) is 2.36. The van der Waals surface area contributed by atoms with E-state index in [9.17, 15) is 0 Å². The van der Waals surface area contributed by atoms with Crippen molar-refractivity contribution in [1.29, 1.82) is 0 Å². The number of rotatable bonds is 4. The van der Waals surface area contributed by atoms with Crippen LogP contribution in [0.4, 0.5) is 5.69 Å². The van der Waals surface area contributed by atoms with Gasteiger partial charge in [0.25, 0.3) is 0 Å². The van der Waals surface area contributed by atoms with E-state index in [-0.39, 0.29) is 0 Å². The normalized spacial score (nSPS) is 15.1. The maximum atomic E-state index is 5.60. The predicted molar refractivity (Wildman–Crippen MR) is 61.3 cm³/mol. The summed E-state index contributed by atoms with van der Waals surface area (Å²) in [6.45, 7) is 1.00. The van der Waals surface area contributed by atoms with Crippen molar-refractivity contribution in [1.82, 2.24) is 4.98 Å². The second-order valence-electron chi connectivity index (χ2n) is 3.61. The van der Waals surface area contributed by atoms with Crippen LogP contribution in [0.3, 0.4) is 0 Å². The SMILES string of the molecule is NC(=S)c1ccncc1NCC1CC1. The second-order valence-corrected chi connectivity index (χ2v) is 4.05. The molecule has 0 unspecified atom stereocenters. The van der Waals surface area contributed by atoms with Gasteiger partial charge in [-0.25, -0.2) is 0 Å². The van der Waals surface area contributed by atoms with Gasteiger partial charge in [-0.05, 0) is 24.8 Å². The maximum absolute atomic E-state index is 5.60. The molecule has 1 heterocycles. The van der Waals surface area contributed by atoms with E-state index in [1.807, 2.05) is 6.07 Å². The molecule has 1 fully saturated rings. The van der Waals surface area contributed by atoms with Crippen LogP contribution in [0, 0.1) is 5.92 Å². The molecular weight excluding hydrogens is 194 g/mol. The Balaban J connectivity index is 2.09. The molecule has 1 aliphatic rings. The summed E-state index contributed by atoms with van der Waals surface area (Å²) in [6, 6.07) is 1.84. The Morgan fingerprint density at radius 2 is 2.43 bits per heavy atom. The molecule has 1 saturated carbocycles. The molecule has 0 saturated heterocycles. The van der Waals surface area contributed by atoms with Crippen LogP contribution >= 0.6 is 12.2 Å². The lowest BCUT2D eigenvalue weighted by molar-refractivity contribution is 0.888. The molecule has 2 rings (SSSR count). The van der Waals surface area contributed by atoms with Crippen molar-refractivity contribution in [2.75, 3.05) is 11.9 Å². The molecular formula is C10H13N3S. The van der Waals surface area contributed by atoms with Gasteiger partial charge in [-0.3, -0.25) is 4.98 Å². The number of aromatic nitrogens is 1. The fourth-order valence-electron chi connectivity index (χ4n) is 1.33. The number of pyridine rings is 1. The first-order valence-corrected chi connectivity index (χ1v) is 5.16. The minimum absolute atomic E-state index is 0.422. The molecule has 0 amide bonds. The molecule has 0 aromatic carbocycles. The maximum Gasteiger partial charge on any atom is 0.106 e. The smallest absolute Gasteiger partial charge is 0.106 e. The van der Waals surface area contributed by atoms with Crippen LogP contribution in [-0.4, -0.2) is 16.5 Å². The average Bonchev–Trinajstić information content (AvgIpc) is 2.98. The minimum Gasteiger partial charge on any atom is -0.389 e. The molecule has 0 atom stereocenters. The summed E-state index contributed by atoms with van der Waals surface area (Å²) in [5.41, 5.74) is 7.44. The number of anilines is 1. The number of hydrogen-bond acceptors (Lipinski definition) is 3. The lowest BCUT2D eigenvalue weighted by atomic mass is 10.2. The number of nitrogens with two attached hydrogens (primary N) is 1. The highest BCUT2D eigenvalue weighted by molar-refractivity contribution is 7.80. The molecule has 4 heteroatoms. The van der Waals surface area contributed by atoms with Gasteiger partial charge in [-0.2, -0.15) is 0 Å². The van der Waals surface area contributed by atoms with Gasteiger partial charge >= 0.3 is 0 Å². The Hall–Kier alpha value is -1.16. The minimum atomic E-state index is 0.422. The summed E-state index contributed by atoms with van der Waals surface area (Å²) in [4.78, 5) is 4.47. The number of nitrogens with one attached hydrogen (secondary N) is 1. The summed E-state index contributed by atoms with van der Waals surface area (Å²) in [6.07, 6.45) is 6.14. The van der Waals surface area contributed by atoms with E-state index in [4.69, 9.17) is 18.0 Å². The molecule has 74 valence electrons.